The van der Waals surface area contributed by atoms with Crippen molar-refractivity contribution >= 4 is 34.8 Å². The lowest BCUT2D eigenvalue weighted by atomic mass is 10.2. The highest BCUT2D eigenvalue weighted by molar-refractivity contribution is 6.33. The van der Waals surface area contributed by atoms with Crippen LogP contribution in [-0.2, 0) is 11.2 Å². The first-order chi connectivity index (χ1) is 12.5. The second kappa shape index (κ2) is 7.88. The fourth-order valence-electron chi connectivity index (χ4n) is 2.33. The zero-order valence-electron chi connectivity index (χ0n) is 13.5. The lowest BCUT2D eigenvalue weighted by molar-refractivity contribution is -0.121. The molecule has 0 radical (unpaired) electrons. The molecule has 132 valence electrons. The van der Waals surface area contributed by atoms with Gasteiger partial charge in [-0.3, -0.25) is 9.59 Å². The first-order valence-electron chi connectivity index (χ1n) is 7.78. The lowest BCUT2D eigenvalue weighted by Crippen LogP contribution is -2.21. The van der Waals surface area contributed by atoms with Gasteiger partial charge in [-0.1, -0.05) is 29.8 Å². The van der Waals surface area contributed by atoms with E-state index in [2.05, 4.69) is 20.5 Å². The van der Waals surface area contributed by atoms with E-state index >= 15 is 0 Å². The molecule has 0 aliphatic rings. The van der Waals surface area contributed by atoms with Crippen LogP contribution >= 0.6 is 11.6 Å². The third kappa shape index (κ3) is 4.12. The van der Waals surface area contributed by atoms with E-state index in [1.54, 1.807) is 18.2 Å². The number of hydrogen-bond donors (Lipinski definition) is 2. The van der Waals surface area contributed by atoms with Crippen LogP contribution in [0.15, 0.2) is 52.4 Å². The second-order valence-electron chi connectivity index (χ2n) is 5.46. The first kappa shape index (κ1) is 17.8. The SMILES string of the molecule is O=C(CCc1nc2ccccc2[nH]c1=O)N/N=C/c1c(F)cccc1Cl. The van der Waals surface area contributed by atoms with E-state index in [1.165, 1.54) is 18.2 Å². The first-order valence-corrected chi connectivity index (χ1v) is 8.16. The van der Waals surface area contributed by atoms with Gasteiger partial charge in [-0.25, -0.2) is 14.8 Å². The van der Waals surface area contributed by atoms with Crippen LogP contribution < -0.4 is 11.0 Å². The molecular formula is C18H14ClFN4O2. The van der Waals surface area contributed by atoms with Crippen molar-refractivity contribution in [2.24, 2.45) is 5.10 Å². The minimum Gasteiger partial charge on any atom is -0.319 e. The highest BCUT2D eigenvalue weighted by Gasteiger charge is 2.08. The quantitative estimate of drug-likeness (QED) is 0.533. The van der Waals surface area contributed by atoms with Crippen molar-refractivity contribution in [3.8, 4) is 0 Å². The molecule has 0 saturated carbocycles. The smallest absolute Gasteiger partial charge is 0.270 e. The summed E-state index contributed by atoms with van der Waals surface area (Å²) in [5.74, 6) is -0.967. The van der Waals surface area contributed by atoms with E-state index in [1.807, 2.05) is 6.07 Å². The molecule has 8 heteroatoms. The summed E-state index contributed by atoms with van der Waals surface area (Å²) in [6.45, 7) is 0. The lowest BCUT2D eigenvalue weighted by Gasteiger charge is -2.03. The number of carbonyl (C=O) groups excluding carboxylic acids is 1. The number of aromatic amines is 1. The van der Waals surface area contributed by atoms with Gasteiger partial charge in [0.25, 0.3) is 5.56 Å². The molecule has 1 heterocycles. The Morgan fingerprint density at radius 2 is 2.08 bits per heavy atom. The zero-order chi connectivity index (χ0) is 18.5. The van der Waals surface area contributed by atoms with E-state index in [9.17, 15) is 14.0 Å². The van der Waals surface area contributed by atoms with Crippen LogP contribution in [0.1, 0.15) is 17.7 Å². The van der Waals surface area contributed by atoms with Crippen molar-refractivity contribution in [3.05, 3.63) is 74.9 Å². The molecule has 0 atom stereocenters. The third-order valence-corrected chi connectivity index (χ3v) is 3.97. The molecule has 2 N–H and O–H groups in total. The number of rotatable bonds is 5. The highest BCUT2D eigenvalue weighted by Crippen LogP contribution is 2.16. The molecule has 3 rings (SSSR count). The summed E-state index contributed by atoms with van der Waals surface area (Å²) in [5.41, 5.74) is 3.58. The standard InChI is InChI=1S/C18H14ClFN4O2/c19-12-4-3-5-13(20)11(12)10-21-24-17(25)9-8-16-18(26)23-15-7-2-1-6-14(15)22-16/h1-7,10H,8-9H2,(H,23,26)(H,24,25)/b21-10+. The number of carbonyl (C=O) groups is 1. The topological polar surface area (TPSA) is 87.2 Å². The van der Waals surface area contributed by atoms with Gasteiger partial charge >= 0.3 is 0 Å². The summed E-state index contributed by atoms with van der Waals surface area (Å²) in [7, 11) is 0. The number of hydrogen-bond acceptors (Lipinski definition) is 4. The molecule has 0 aliphatic carbocycles. The maximum Gasteiger partial charge on any atom is 0.270 e. The van der Waals surface area contributed by atoms with Gasteiger partial charge in [0.1, 0.15) is 11.5 Å². The Hall–Kier alpha value is -3.06. The fraction of sp³-hybridized carbons (Fsp3) is 0.111. The number of halogens is 2. The van der Waals surface area contributed by atoms with Gasteiger partial charge in [0.05, 0.1) is 22.3 Å². The van der Waals surface area contributed by atoms with Crippen LogP contribution in [0.25, 0.3) is 11.0 Å². The minimum absolute atomic E-state index is 0.0107. The van der Waals surface area contributed by atoms with E-state index in [4.69, 9.17) is 11.6 Å². The van der Waals surface area contributed by atoms with Gasteiger partial charge < -0.3 is 4.98 Å². The number of H-pyrrole nitrogens is 1. The summed E-state index contributed by atoms with van der Waals surface area (Å²) >= 11 is 5.86. The van der Waals surface area contributed by atoms with E-state index < -0.39 is 11.7 Å². The number of benzene rings is 2. The summed E-state index contributed by atoms with van der Waals surface area (Å²) in [4.78, 5) is 30.8. The Balaban J connectivity index is 1.62. The normalized spacial score (nSPS) is 11.2. The van der Waals surface area contributed by atoms with Crippen molar-refractivity contribution in [1.82, 2.24) is 15.4 Å². The molecule has 3 aromatic rings. The van der Waals surface area contributed by atoms with E-state index in [0.29, 0.717) is 11.0 Å². The van der Waals surface area contributed by atoms with E-state index in [0.717, 1.165) is 6.21 Å². The van der Waals surface area contributed by atoms with Gasteiger partial charge in [-0.05, 0) is 24.3 Å². The van der Waals surface area contributed by atoms with Crippen molar-refractivity contribution in [2.45, 2.75) is 12.8 Å². The summed E-state index contributed by atoms with van der Waals surface area (Å²) in [6.07, 6.45) is 1.30. The highest BCUT2D eigenvalue weighted by atomic mass is 35.5. The number of para-hydroxylation sites is 2. The predicted octanol–water partition coefficient (Wildman–Crippen LogP) is 2.80. The van der Waals surface area contributed by atoms with Crippen LogP contribution in [-0.4, -0.2) is 22.1 Å². The van der Waals surface area contributed by atoms with Gasteiger partial charge in [-0.2, -0.15) is 5.10 Å². The predicted molar refractivity (Wildman–Crippen MR) is 97.8 cm³/mol. The van der Waals surface area contributed by atoms with Crippen LogP contribution in [0.4, 0.5) is 4.39 Å². The zero-order valence-corrected chi connectivity index (χ0v) is 14.3. The van der Waals surface area contributed by atoms with Crippen LogP contribution in [0.3, 0.4) is 0 Å². The minimum atomic E-state index is -0.539. The molecule has 1 aromatic heterocycles. The number of aromatic nitrogens is 2. The van der Waals surface area contributed by atoms with Crippen molar-refractivity contribution < 1.29 is 9.18 Å². The molecule has 1 amide bonds. The molecule has 0 saturated heterocycles. The number of nitrogens with one attached hydrogen (secondary N) is 2. The molecule has 0 spiro atoms. The Bertz CT molecular complexity index is 1030. The number of aryl methyl sites for hydroxylation is 1. The Morgan fingerprint density at radius 3 is 2.88 bits per heavy atom. The van der Waals surface area contributed by atoms with Crippen LogP contribution in [0, 0.1) is 5.82 Å². The molecule has 0 aliphatic heterocycles. The van der Waals surface area contributed by atoms with Gasteiger partial charge in [0, 0.05) is 18.4 Å². The van der Waals surface area contributed by atoms with Crippen molar-refractivity contribution in [2.75, 3.05) is 0 Å². The fourth-order valence-corrected chi connectivity index (χ4v) is 2.54. The number of nitrogens with zero attached hydrogens (tertiary/aromatic N) is 2. The molecule has 0 bridgehead atoms. The largest absolute Gasteiger partial charge is 0.319 e. The Labute approximate surface area is 152 Å². The monoisotopic (exact) mass is 372 g/mol. The maximum absolute atomic E-state index is 13.6. The summed E-state index contributed by atoms with van der Waals surface area (Å²) in [5, 5.41) is 3.88. The van der Waals surface area contributed by atoms with Crippen LogP contribution in [0.2, 0.25) is 5.02 Å². The number of hydrazone groups is 1. The van der Waals surface area contributed by atoms with Crippen molar-refractivity contribution in [3.63, 3.8) is 0 Å². The summed E-state index contributed by atoms with van der Waals surface area (Å²) in [6, 6.07) is 11.4. The number of amides is 1. The number of fused-ring (bicyclic) bond motifs is 1. The van der Waals surface area contributed by atoms with Gasteiger partial charge in [0.15, 0.2) is 0 Å². The molecule has 0 fully saturated rings. The Kier molecular flexibility index (Phi) is 5.38. The summed E-state index contributed by atoms with van der Waals surface area (Å²) < 4.78 is 13.6. The van der Waals surface area contributed by atoms with Gasteiger partial charge in [-0.15, -0.1) is 0 Å². The molecule has 2 aromatic carbocycles. The van der Waals surface area contributed by atoms with Crippen LogP contribution in [0.5, 0.6) is 0 Å². The average molecular weight is 373 g/mol. The molecule has 26 heavy (non-hydrogen) atoms. The molecule has 6 nitrogen and oxygen atoms in total. The Morgan fingerprint density at radius 1 is 1.27 bits per heavy atom. The molecular weight excluding hydrogens is 359 g/mol. The average Bonchev–Trinajstić information content (AvgIpc) is 2.62. The molecule has 0 unspecified atom stereocenters. The van der Waals surface area contributed by atoms with E-state index in [-0.39, 0.29) is 34.7 Å². The maximum atomic E-state index is 13.6. The second-order valence-corrected chi connectivity index (χ2v) is 5.87. The van der Waals surface area contributed by atoms with Gasteiger partial charge in [0.2, 0.25) is 5.91 Å². The van der Waals surface area contributed by atoms with Crippen molar-refractivity contribution in [1.29, 1.82) is 0 Å². The third-order valence-electron chi connectivity index (χ3n) is 3.64.